The fourth-order valence-corrected chi connectivity index (χ4v) is 2.48. The molecule has 3 heteroatoms. The van der Waals surface area contributed by atoms with Crippen LogP contribution in [-0.4, -0.2) is 0 Å². The Labute approximate surface area is 120 Å². The van der Waals surface area contributed by atoms with E-state index in [1.54, 1.807) is 0 Å². The normalized spacial score (nSPS) is 10.8. The van der Waals surface area contributed by atoms with Gasteiger partial charge in [-0.3, -0.25) is 0 Å². The third-order valence-corrected chi connectivity index (χ3v) is 3.71. The van der Waals surface area contributed by atoms with Gasteiger partial charge in [-0.25, -0.2) is 0 Å². The van der Waals surface area contributed by atoms with Gasteiger partial charge in [-0.2, -0.15) is 0 Å². The number of hydrogen-bond acceptors (Lipinski definition) is 2. The molecule has 1 heterocycles. The smallest absolute Gasteiger partial charge is 0.146 e. The van der Waals surface area contributed by atoms with Gasteiger partial charge in [0.25, 0.3) is 0 Å². The highest BCUT2D eigenvalue weighted by atomic mass is 79.9. The van der Waals surface area contributed by atoms with Crippen molar-refractivity contribution in [2.45, 2.75) is 13.5 Å². The van der Waals surface area contributed by atoms with Crippen LogP contribution in [0.3, 0.4) is 0 Å². The molecule has 0 bridgehead atoms. The molecule has 19 heavy (non-hydrogen) atoms. The average molecular weight is 317 g/mol. The van der Waals surface area contributed by atoms with Gasteiger partial charge in [0.05, 0.1) is 0 Å². The molecular formula is C16H13BrO2. The standard InChI is InChI=1S/C16H13BrO2/c1-11-5-2-3-7-15(11)18-10-12-9-13-14(17)6-4-8-16(13)19-12/h2-9H,10H2,1H3. The molecule has 0 amide bonds. The third kappa shape index (κ3) is 2.51. The lowest BCUT2D eigenvalue weighted by molar-refractivity contribution is 0.273. The first-order chi connectivity index (χ1) is 9.24. The minimum Gasteiger partial charge on any atom is -0.485 e. The highest BCUT2D eigenvalue weighted by Crippen LogP contribution is 2.27. The molecule has 96 valence electrons. The summed E-state index contributed by atoms with van der Waals surface area (Å²) in [6.45, 7) is 2.47. The second-order valence-electron chi connectivity index (χ2n) is 4.42. The zero-order valence-corrected chi connectivity index (χ0v) is 12.1. The first kappa shape index (κ1) is 12.3. The van der Waals surface area contributed by atoms with Crippen LogP contribution in [0.2, 0.25) is 0 Å². The van der Waals surface area contributed by atoms with Gasteiger partial charge < -0.3 is 9.15 Å². The highest BCUT2D eigenvalue weighted by molar-refractivity contribution is 9.10. The van der Waals surface area contributed by atoms with Crippen LogP contribution < -0.4 is 4.74 Å². The van der Waals surface area contributed by atoms with Gasteiger partial charge in [-0.1, -0.05) is 40.2 Å². The van der Waals surface area contributed by atoms with Crippen molar-refractivity contribution < 1.29 is 9.15 Å². The summed E-state index contributed by atoms with van der Waals surface area (Å²) in [5, 5.41) is 1.07. The Kier molecular flexibility index (Phi) is 3.30. The molecule has 0 radical (unpaired) electrons. The Morgan fingerprint density at radius 3 is 2.74 bits per heavy atom. The van der Waals surface area contributed by atoms with Crippen LogP contribution in [0.15, 0.2) is 57.4 Å². The summed E-state index contributed by atoms with van der Waals surface area (Å²) >= 11 is 3.52. The summed E-state index contributed by atoms with van der Waals surface area (Å²) in [5.41, 5.74) is 2.00. The van der Waals surface area contributed by atoms with E-state index in [1.807, 2.05) is 55.5 Å². The van der Waals surface area contributed by atoms with Crippen molar-refractivity contribution in [1.29, 1.82) is 0 Å². The Morgan fingerprint density at radius 2 is 1.95 bits per heavy atom. The van der Waals surface area contributed by atoms with E-state index < -0.39 is 0 Å². The number of halogens is 1. The molecule has 0 atom stereocenters. The summed E-state index contributed by atoms with van der Waals surface area (Å²) in [6, 6.07) is 15.9. The average Bonchev–Trinajstić information content (AvgIpc) is 2.82. The maximum Gasteiger partial charge on any atom is 0.146 e. The summed E-state index contributed by atoms with van der Waals surface area (Å²) in [4.78, 5) is 0. The predicted octanol–water partition coefficient (Wildman–Crippen LogP) is 5.08. The lowest BCUT2D eigenvalue weighted by Gasteiger charge is -2.06. The molecule has 0 spiro atoms. The molecule has 0 fully saturated rings. The number of rotatable bonds is 3. The molecule has 2 nitrogen and oxygen atoms in total. The van der Waals surface area contributed by atoms with Crippen molar-refractivity contribution in [2.75, 3.05) is 0 Å². The van der Waals surface area contributed by atoms with E-state index in [0.29, 0.717) is 6.61 Å². The quantitative estimate of drug-likeness (QED) is 0.672. The first-order valence-electron chi connectivity index (χ1n) is 6.09. The third-order valence-electron chi connectivity index (χ3n) is 3.02. The maximum absolute atomic E-state index is 5.78. The van der Waals surface area contributed by atoms with Crippen LogP contribution in [0.5, 0.6) is 5.75 Å². The van der Waals surface area contributed by atoms with Crippen LogP contribution in [0.1, 0.15) is 11.3 Å². The summed E-state index contributed by atoms with van der Waals surface area (Å²) in [7, 11) is 0. The van der Waals surface area contributed by atoms with Gasteiger partial charge in [0, 0.05) is 9.86 Å². The lowest BCUT2D eigenvalue weighted by Crippen LogP contribution is -1.95. The highest BCUT2D eigenvalue weighted by Gasteiger charge is 2.07. The van der Waals surface area contributed by atoms with Crippen LogP contribution in [0.25, 0.3) is 11.0 Å². The Balaban J connectivity index is 1.83. The van der Waals surface area contributed by atoms with Crippen LogP contribution in [0, 0.1) is 6.92 Å². The Hall–Kier alpha value is -1.74. The van der Waals surface area contributed by atoms with Gasteiger partial charge in [0.15, 0.2) is 0 Å². The number of aryl methyl sites for hydroxylation is 1. The summed E-state index contributed by atoms with van der Waals surface area (Å²) < 4.78 is 12.6. The largest absolute Gasteiger partial charge is 0.485 e. The molecule has 2 aromatic carbocycles. The van der Waals surface area contributed by atoms with Crippen molar-refractivity contribution in [2.24, 2.45) is 0 Å². The second kappa shape index (κ2) is 5.10. The molecule has 3 aromatic rings. The number of hydrogen-bond donors (Lipinski definition) is 0. The SMILES string of the molecule is Cc1ccccc1OCc1cc2c(Br)cccc2o1. The van der Waals surface area contributed by atoms with Crippen molar-refractivity contribution in [3.8, 4) is 5.75 Å². The van der Waals surface area contributed by atoms with E-state index in [1.165, 1.54) is 0 Å². The van der Waals surface area contributed by atoms with Gasteiger partial charge in [-0.05, 0) is 36.8 Å². The Bertz CT molecular complexity index is 716. The Morgan fingerprint density at radius 1 is 1.11 bits per heavy atom. The number of fused-ring (bicyclic) bond motifs is 1. The molecule has 0 saturated carbocycles. The zero-order chi connectivity index (χ0) is 13.2. The van der Waals surface area contributed by atoms with E-state index in [-0.39, 0.29) is 0 Å². The van der Waals surface area contributed by atoms with Gasteiger partial charge in [-0.15, -0.1) is 0 Å². The first-order valence-corrected chi connectivity index (χ1v) is 6.89. The van der Waals surface area contributed by atoms with E-state index in [0.717, 1.165) is 32.5 Å². The summed E-state index contributed by atoms with van der Waals surface area (Å²) in [5.74, 6) is 1.71. The van der Waals surface area contributed by atoms with Crippen LogP contribution in [-0.2, 0) is 6.61 Å². The topological polar surface area (TPSA) is 22.4 Å². The van der Waals surface area contributed by atoms with Crippen LogP contribution in [0.4, 0.5) is 0 Å². The van der Waals surface area contributed by atoms with E-state index >= 15 is 0 Å². The lowest BCUT2D eigenvalue weighted by atomic mass is 10.2. The maximum atomic E-state index is 5.78. The van der Waals surface area contributed by atoms with Crippen molar-refractivity contribution in [3.63, 3.8) is 0 Å². The summed E-state index contributed by atoms with van der Waals surface area (Å²) in [6.07, 6.45) is 0. The fraction of sp³-hybridized carbons (Fsp3) is 0.125. The molecule has 1 aromatic heterocycles. The molecule has 0 saturated heterocycles. The minimum absolute atomic E-state index is 0.436. The number of benzene rings is 2. The number of para-hydroxylation sites is 1. The minimum atomic E-state index is 0.436. The van der Waals surface area contributed by atoms with Crippen molar-refractivity contribution >= 4 is 26.9 Å². The van der Waals surface area contributed by atoms with E-state index in [9.17, 15) is 0 Å². The molecule has 0 unspecified atom stereocenters. The van der Waals surface area contributed by atoms with E-state index in [4.69, 9.17) is 9.15 Å². The molecule has 0 N–H and O–H groups in total. The molecule has 0 aliphatic rings. The molecule has 0 aliphatic carbocycles. The van der Waals surface area contributed by atoms with Gasteiger partial charge in [0.1, 0.15) is 23.7 Å². The predicted molar refractivity (Wildman–Crippen MR) is 79.4 cm³/mol. The number of furan rings is 1. The van der Waals surface area contributed by atoms with Gasteiger partial charge >= 0.3 is 0 Å². The zero-order valence-electron chi connectivity index (χ0n) is 10.5. The van der Waals surface area contributed by atoms with Crippen molar-refractivity contribution in [1.82, 2.24) is 0 Å². The van der Waals surface area contributed by atoms with Crippen molar-refractivity contribution in [3.05, 3.63) is 64.3 Å². The monoisotopic (exact) mass is 316 g/mol. The molecule has 0 aliphatic heterocycles. The second-order valence-corrected chi connectivity index (χ2v) is 5.27. The van der Waals surface area contributed by atoms with Gasteiger partial charge in [0.2, 0.25) is 0 Å². The fourth-order valence-electron chi connectivity index (χ4n) is 2.02. The molecule has 3 rings (SSSR count). The van der Waals surface area contributed by atoms with Crippen LogP contribution >= 0.6 is 15.9 Å². The number of ether oxygens (including phenoxy) is 1. The molecular weight excluding hydrogens is 304 g/mol. The van der Waals surface area contributed by atoms with E-state index in [2.05, 4.69) is 15.9 Å².